The third-order valence-corrected chi connectivity index (χ3v) is 4.25. The molecule has 2 rings (SSSR count). The highest BCUT2D eigenvalue weighted by Crippen LogP contribution is 2.27. The molecule has 2 N–H and O–H groups in total. The Morgan fingerprint density at radius 1 is 1.60 bits per heavy atom. The van der Waals surface area contributed by atoms with Crippen LogP contribution in [0.4, 0.5) is 4.79 Å². The molecule has 1 unspecified atom stereocenters. The molecule has 0 aromatic carbocycles. The van der Waals surface area contributed by atoms with Crippen molar-refractivity contribution in [2.75, 3.05) is 13.1 Å². The minimum absolute atomic E-state index is 0.00798. The number of rotatable bonds is 7. The summed E-state index contributed by atoms with van der Waals surface area (Å²) in [5.74, 6) is -0.709. The topological polar surface area (TPSA) is 82.5 Å². The van der Waals surface area contributed by atoms with E-state index in [9.17, 15) is 9.59 Å². The minimum Gasteiger partial charge on any atom is -0.481 e. The second kappa shape index (κ2) is 6.69. The van der Waals surface area contributed by atoms with Crippen LogP contribution in [0.2, 0.25) is 0 Å². The van der Waals surface area contributed by atoms with E-state index in [-0.39, 0.29) is 31.0 Å². The first-order valence-corrected chi connectivity index (χ1v) is 7.61. The molecule has 1 aromatic heterocycles. The maximum Gasteiger partial charge on any atom is 0.317 e. The number of carbonyl (C=O) groups excluding carboxylic acids is 1. The van der Waals surface area contributed by atoms with Gasteiger partial charge in [-0.15, -0.1) is 11.3 Å². The third kappa shape index (κ3) is 4.19. The van der Waals surface area contributed by atoms with Gasteiger partial charge in [-0.3, -0.25) is 4.79 Å². The predicted octanol–water partition coefficient (Wildman–Crippen LogP) is 1.90. The van der Waals surface area contributed by atoms with Gasteiger partial charge in [0.15, 0.2) is 0 Å². The van der Waals surface area contributed by atoms with Crippen LogP contribution in [-0.2, 0) is 4.79 Å². The SMILES string of the molecule is CC(CNC(=O)N(CCC(=O)O)C1CC1)c1nccs1. The van der Waals surface area contributed by atoms with Gasteiger partial charge >= 0.3 is 12.0 Å². The van der Waals surface area contributed by atoms with Gasteiger partial charge in [0.05, 0.1) is 11.4 Å². The predicted molar refractivity (Wildman–Crippen MR) is 75.9 cm³/mol. The standard InChI is InChI=1S/C13H19N3O3S/c1-9(12-14-5-7-20-12)8-15-13(19)16(10-2-3-10)6-4-11(17)18/h5,7,9-10H,2-4,6,8H2,1H3,(H,15,19)(H,17,18). The van der Waals surface area contributed by atoms with Crippen LogP contribution >= 0.6 is 11.3 Å². The fourth-order valence-electron chi connectivity index (χ4n) is 1.96. The second-order valence-corrected chi connectivity index (χ2v) is 5.95. The zero-order valence-corrected chi connectivity index (χ0v) is 12.2. The fourth-order valence-corrected chi connectivity index (χ4v) is 2.66. The lowest BCUT2D eigenvalue weighted by Gasteiger charge is -2.23. The molecule has 0 aliphatic heterocycles. The molecule has 7 heteroatoms. The summed E-state index contributed by atoms with van der Waals surface area (Å²) in [5.41, 5.74) is 0. The number of carbonyl (C=O) groups is 2. The van der Waals surface area contributed by atoms with E-state index in [0.29, 0.717) is 6.54 Å². The molecule has 0 radical (unpaired) electrons. The first-order chi connectivity index (χ1) is 9.58. The van der Waals surface area contributed by atoms with Crippen molar-refractivity contribution in [1.82, 2.24) is 15.2 Å². The summed E-state index contributed by atoms with van der Waals surface area (Å²) in [5, 5.41) is 14.5. The molecule has 20 heavy (non-hydrogen) atoms. The fraction of sp³-hybridized carbons (Fsp3) is 0.615. The summed E-state index contributed by atoms with van der Waals surface area (Å²) in [4.78, 5) is 28.6. The minimum atomic E-state index is -0.875. The van der Waals surface area contributed by atoms with Crippen LogP contribution in [0.3, 0.4) is 0 Å². The van der Waals surface area contributed by atoms with Crippen LogP contribution in [0.1, 0.15) is 37.1 Å². The molecule has 1 aromatic rings. The van der Waals surface area contributed by atoms with Crippen LogP contribution in [0.25, 0.3) is 0 Å². The lowest BCUT2D eigenvalue weighted by molar-refractivity contribution is -0.137. The Kier molecular flexibility index (Phi) is 4.94. The van der Waals surface area contributed by atoms with Gasteiger partial charge in [-0.2, -0.15) is 0 Å². The van der Waals surface area contributed by atoms with E-state index in [1.807, 2.05) is 12.3 Å². The number of carboxylic acid groups (broad SMARTS) is 1. The van der Waals surface area contributed by atoms with Crippen molar-refractivity contribution in [3.63, 3.8) is 0 Å². The summed E-state index contributed by atoms with van der Waals surface area (Å²) < 4.78 is 0. The molecule has 1 aliphatic rings. The molecule has 2 amide bonds. The van der Waals surface area contributed by atoms with Gasteiger partial charge in [-0.25, -0.2) is 9.78 Å². The summed E-state index contributed by atoms with van der Waals surface area (Å²) >= 11 is 1.57. The van der Waals surface area contributed by atoms with E-state index in [4.69, 9.17) is 5.11 Å². The highest BCUT2D eigenvalue weighted by molar-refractivity contribution is 7.09. The van der Waals surface area contributed by atoms with Gasteiger partial charge in [-0.1, -0.05) is 6.92 Å². The second-order valence-electron chi connectivity index (χ2n) is 5.03. The van der Waals surface area contributed by atoms with Gasteiger partial charge < -0.3 is 15.3 Å². The normalized spacial score (nSPS) is 15.7. The monoisotopic (exact) mass is 297 g/mol. The molecule has 110 valence electrons. The quantitative estimate of drug-likeness (QED) is 0.805. The number of nitrogens with one attached hydrogen (secondary N) is 1. The molecule has 1 aliphatic carbocycles. The molecule has 0 spiro atoms. The summed E-state index contributed by atoms with van der Waals surface area (Å²) in [6, 6.07) is 0.0432. The van der Waals surface area contributed by atoms with Gasteiger partial charge in [0.1, 0.15) is 0 Å². The molecular formula is C13H19N3O3S. The van der Waals surface area contributed by atoms with Crippen molar-refractivity contribution in [2.24, 2.45) is 0 Å². The van der Waals surface area contributed by atoms with Crippen LogP contribution in [0.5, 0.6) is 0 Å². The van der Waals surface area contributed by atoms with E-state index in [1.165, 1.54) is 0 Å². The number of aliphatic carboxylic acids is 1. The number of carboxylic acids is 1. The number of nitrogens with zero attached hydrogens (tertiary/aromatic N) is 2. The average molecular weight is 297 g/mol. The number of hydrogen-bond acceptors (Lipinski definition) is 4. The van der Waals surface area contributed by atoms with Crippen LogP contribution in [0, 0.1) is 0 Å². The Morgan fingerprint density at radius 2 is 2.35 bits per heavy atom. The Balaban J connectivity index is 1.80. The summed E-state index contributed by atoms with van der Waals surface area (Å²) in [6.07, 6.45) is 3.68. The van der Waals surface area contributed by atoms with Crippen LogP contribution in [0.15, 0.2) is 11.6 Å². The zero-order valence-electron chi connectivity index (χ0n) is 11.4. The van der Waals surface area contributed by atoms with E-state index >= 15 is 0 Å². The number of hydrogen-bond donors (Lipinski definition) is 2. The molecule has 1 fully saturated rings. The van der Waals surface area contributed by atoms with Crippen molar-refractivity contribution in [3.05, 3.63) is 16.6 Å². The first kappa shape index (κ1) is 14.8. The Labute approximate surface area is 121 Å². The highest BCUT2D eigenvalue weighted by atomic mass is 32.1. The van der Waals surface area contributed by atoms with E-state index in [2.05, 4.69) is 10.3 Å². The molecule has 1 atom stereocenters. The van der Waals surface area contributed by atoms with E-state index in [0.717, 1.165) is 17.8 Å². The largest absolute Gasteiger partial charge is 0.481 e. The van der Waals surface area contributed by atoms with Crippen molar-refractivity contribution < 1.29 is 14.7 Å². The molecule has 1 heterocycles. The van der Waals surface area contributed by atoms with Crippen molar-refractivity contribution in [2.45, 2.75) is 38.1 Å². The van der Waals surface area contributed by atoms with Gasteiger partial charge in [-0.05, 0) is 12.8 Å². The van der Waals surface area contributed by atoms with Gasteiger partial charge in [0, 0.05) is 36.6 Å². The Hall–Kier alpha value is -1.63. The molecule has 0 saturated heterocycles. The van der Waals surface area contributed by atoms with Crippen molar-refractivity contribution in [3.8, 4) is 0 Å². The zero-order chi connectivity index (χ0) is 14.5. The lowest BCUT2D eigenvalue weighted by atomic mass is 10.2. The van der Waals surface area contributed by atoms with Crippen LogP contribution < -0.4 is 5.32 Å². The Bertz CT molecular complexity index is 459. The number of amides is 2. The number of thiazole rings is 1. The van der Waals surface area contributed by atoms with Crippen LogP contribution in [-0.4, -0.2) is 46.1 Å². The average Bonchev–Trinajstić information content (AvgIpc) is 3.08. The van der Waals surface area contributed by atoms with E-state index in [1.54, 1.807) is 22.4 Å². The summed E-state index contributed by atoms with van der Waals surface area (Å²) in [7, 11) is 0. The van der Waals surface area contributed by atoms with Crippen molar-refractivity contribution >= 4 is 23.3 Å². The number of urea groups is 1. The molecule has 6 nitrogen and oxygen atoms in total. The Morgan fingerprint density at radius 3 is 2.90 bits per heavy atom. The van der Waals surface area contributed by atoms with Gasteiger partial charge in [0.25, 0.3) is 0 Å². The molecule has 0 bridgehead atoms. The highest BCUT2D eigenvalue weighted by Gasteiger charge is 2.32. The van der Waals surface area contributed by atoms with E-state index < -0.39 is 5.97 Å². The van der Waals surface area contributed by atoms with Crippen molar-refractivity contribution in [1.29, 1.82) is 0 Å². The van der Waals surface area contributed by atoms with Gasteiger partial charge in [0.2, 0.25) is 0 Å². The summed E-state index contributed by atoms with van der Waals surface area (Å²) in [6.45, 7) is 2.80. The maximum absolute atomic E-state index is 12.1. The lowest BCUT2D eigenvalue weighted by Crippen LogP contribution is -2.43. The molecule has 1 saturated carbocycles. The smallest absolute Gasteiger partial charge is 0.317 e. The maximum atomic E-state index is 12.1. The third-order valence-electron chi connectivity index (χ3n) is 3.25. The molecular weight excluding hydrogens is 278 g/mol. The number of aromatic nitrogens is 1. The first-order valence-electron chi connectivity index (χ1n) is 6.73.